The summed E-state index contributed by atoms with van der Waals surface area (Å²) < 4.78 is 5.22. The van der Waals surface area contributed by atoms with Crippen molar-refractivity contribution in [3.63, 3.8) is 0 Å². The Labute approximate surface area is 118 Å². The van der Waals surface area contributed by atoms with Gasteiger partial charge in [-0.25, -0.2) is 4.79 Å². The molecule has 2 saturated carbocycles. The van der Waals surface area contributed by atoms with E-state index in [0.717, 1.165) is 0 Å². The Bertz CT molecular complexity index is 394. The molecule has 0 aromatic rings. The van der Waals surface area contributed by atoms with Crippen molar-refractivity contribution < 1.29 is 19.4 Å². The van der Waals surface area contributed by atoms with E-state index in [1.807, 2.05) is 0 Å². The molecule has 20 heavy (non-hydrogen) atoms. The Balaban J connectivity index is 1.59. The second-order valence-corrected chi connectivity index (χ2v) is 6.31. The molecular formula is C14H22N2O4. The zero-order valence-corrected chi connectivity index (χ0v) is 11.7. The second kappa shape index (κ2) is 5.24. The van der Waals surface area contributed by atoms with Gasteiger partial charge in [-0.3, -0.25) is 4.79 Å². The molecule has 3 aliphatic rings. The van der Waals surface area contributed by atoms with Crippen LogP contribution in [0.3, 0.4) is 0 Å². The van der Waals surface area contributed by atoms with Crippen molar-refractivity contribution >= 4 is 12.0 Å². The largest absolute Gasteiger partial charge is 0.481 e. The molecule has 2 unspecified atom stereocenters. The van der Waals surface area contributed by atoms with Crippen LogP contribution in [-0.4, -0.2) is 54.4 Å². The molecule has 2 amide bonds. The van der Waals surface area contributed by atoms with E-state index in [1.165, 1.54) is 30.6 Å². The molecule has 0 bridgehead atoms. The van der Waals surface area contributed by atoms with Gasteiger partial charge in [-0.05, 0) is 37.5 Å². The summed E-state index contributed by atoms with van der Waals surface area (Å²) in [5, 5.41) is 12.3. The third-order valence-corrected chi connectivity index (χ3v) is 4.74. The van der Waals surface area contributed by atoms with Crippen LogP contribution in [0.1, 0.15) is 25.7 Å². The summed E-state index contributed by atoms with van der Waals surface area (Å²) in [7, 11) is 1.67. The molecule has 0 spiro atoms. The summed E-state index contributed by atoms with van der Waals surface area (Å²) in [5.41, 5.74) is 0. The van der Waals surface area contributed by atoms with Gasteiger partial charge in [0.25, 0.3) is 0 Å². The van der Waals surface area contributed by atoms with Crippen LogP contribution in [0.4, 0.5) is 4.79 Å². The van der Waals surface area contributed by atoms with Gasteiger partial charge in [0.1, 0.15) is 5.92 Å². The van der Waals surface area contributed by atoms with Gasteiger partial charge in [0.05, 0.1) is 19.3 Å². The Hall–Kier alpha value is -1.30. The van der Waals surface area contributed by atoms with Gasteiger partial charge < -0.3 is 20.1 Å². The lowest BCUT2D eigenvalue weighted by atomic mass is 10.0. The Morgan fingerprint density at radius 3 is 2.30 bits per heavy atom. The van der Waals surface area contributed by atoms with E-state index in [2.05, 4.69) is 5.32 Å². The van der Waals surface area contributed by atoms with E-state index in [-0.39, 0.29) is 24.7 Å². The highest BCUT2D eigenvalue weighted by Crippen LogP contribution is 2.44. The molecule has 0 aromatic heterocycles. The summed E-state index contributed by atoms with van der Waals surface area (Å²) in [6.45, 7) is 0.491. The zero-order chi connectivity index (χ0) is 14.3. The van der Waals surface area contributed by atoms with Crippen molar-refractivity contribution in [2.75, 3.05) is 20.3 Å². The number of hydrogen-bond donors (Lipinski definition) is 2. The third kappa shape index (κ3) is 2.75. The molecule has 3 rings (SSSR count). The van der Waals surface area contributed by atoms with Crippen molar-refractivity contribution in [3.05, 3.63) is 0 Å². The quantitative estimate of drug-likeness (QED) is 0.786. The van der Waals surface area contributed by atoms with Crippen LogP contribution in [0.25, 0.3) is 0 Å². The van der Waals surface area contributed by atoms with E-state index in [0.29, 0.717) is 18.4 Å². The highest BCUT2D eigenvalue weighted by Gasteiger charge is 2.44. The number of ether oxygens (including phenoxy) is 1. The Morgan fingerprint density at radius 2 is 1.80 bits per heavy atom. The molecule has 2 aliphatic carbocycles. The van der Waals surface area contributed by atoms with Gasteiger partial charge in [0.15, 0.2) is 0 Å². The monoisotopic (exact) mass is 282 g/mol. The van der Waals surface area contributed by atoms with Gasteiger partial charge in [-0.2, -0.15) is 0 Å². The lowest BCUT2D eigenvalue weighted by Gasteiger charge is -2.29. The van der Waals surface area contributed by atoms with Gasteiger partial charge in [-0.1, -0.05) is 0 Å². The van der Waals surface area contributed by atoms with Crippen molar-refractivity contribution in [2.24, 2.45) is 17.8 Å². The van der Waals surface area contributed by atoms with Crippen molar-refractivity contribution in [1.29, 1.82) is 0 Å². The number of carboxylic acids is 1. The van der Waals surface area contributed by atoms with Gasteiger partial charge in [-0.15, -0.1) is 0 Å². The maximum absolute atomic E-state index is 12.3. The van der Waals surface area contributed by atoms with E-state index in [9.17, 15) is 9.59 Å². The first-order chi connectivity index (χ1) is 9.58. The first-order valence-electron chi connectivity index (χ1n) is 7.42. The number of carboxylic acid groups (broad SMARTS) is 1. The summed E-state index contributed by atoms with van der Waals surface area (Å²) in [4.78, 5) is 25.0. The van der Waals surface area contributed by atoms with Crippen LogP contribution in [0.5, 0.6) is 0 Å². The Kier molecular flexibility index (Phi) is 3.58. The van der Waals surface area contributed by atoms with Crippen LogP contribution in [-0.2, 0) is 9.53 Å². The van der Waals surface area contributed by atoms with Gasteiger partial charge in [0, 0.05) is 13.1 Å². The molecule has 1 aliphatic heterocycles. The summed E-state index contributed by atoms with van der Waals surface area (Å²) in [6, 6.07) is -0.238. The third-order valence-electron chi connectivity index (χ3n) is 4.74. The molecule has 6 nitrogen and oxygen atoms in total. The van der Waals surface area contributed by atoms with Crippen molar-refractivity contribution in [1.82, 2.24) is 10.2 Å². The average molecular weight is 282 g/mol. The SMILES string of the molecule is CN(C(=O)NC(C1CC1)C1CC1)C1COCC1C(=O)O. The van der Waals surface area contributed by atoms with E-state index >= 15 is 0 Å². The highest BCUT2D eigenvalue weighted by atomic mass is 16.5. The molecule has 0 aromatic carbocycles. The second-order valence-electron chi connectivity index (χ2n) is 6.31. The fourth-order valence-electron chi connectivity index (χ4n) is 3.09. The van der Waals surface area contributed by atoms with Gasteiger partial charge in [0.2, 0.25) is 0 Å². The molecule has 0 radical (unpaired) electrons. The number of carbonyl (C=O) groups excluding carboxylic acids is 1. The first-order valence-corrected chi connectivity index (χ1v) is 7.42. The molecule has 2 atom stereocenters. The lowest BCUT2D eigenvalue weighted by molar-refractivity contribution is -0.142. The number of carbonyl (C=O) groups is 2. The minimum Gasteiger partial charge on any atom is -0.481 e. The molecule has 6 heteroatoms. The topological polar surface area (TPSA) is 78.9 Å². The van der Waals surface area contributed by atoms with Crippen LogP contribution in [0.2, 0.25) is 0 Å². The summed E-state index contributed by atoms with van der Waals surface area (Å²) >= 11 is 0. The highest BCUT2D eigenvalue weighted by molar-refractivity contribution is 5.77. The lowest BCUT2D eigenvalue weighted by Crippen LogP contribution is -2.51. The number of nitrogens with zero attached hydrogens (tertiary/aromatic N) is 1. The molecule has 112 valence electrons. The normalized spacial score (nSPS) is 29.5. The van der Waals surface area contributed by atoms with Crippen LogP contribution < -0.4 is 5.32 Å². The standard InChI is InChI=1S/C14H22N2O4/c1-16(11-7-20-6-10(11)13(17)18)14(19)15-12(8-2-3-8)9-4-5-9/h8-12H,2-7H2,1H3,(H,15,19)(H,17,18). The summed E-state index contributed by atoms with van der Waals surface area (Å²) in [5.74, 6) is -0.246. The molecule has 2 N–H and O–H groups in total. The number of hydrogen-bond acceptors (Lipinski definition) is 3. The number of amides is 2. The molecule has 1 saturated heterocycles. The van der Waals surface area contributed by atoms with Crippen molar-refractivity contribution in [2.45, 2.75) is 37.8 Å². The fraction of sp³-hybridized carbons (Fsp3) is 0.857. The number of nitrogens with one attached hydrogen (secondary N) is 1. The zero-order valence-electron chi connectivity index (χ0n) is 11.7. The molecule has 1 heterocycles. The smallest absolute Gasteiger partial charge is 0.317 e. The average Bonchev–Trinajstić information content (AvgIpc) is 3.33. The number of urea groups is 1. The van der Waals surface area contributed by atoms with Crippen LogP contribution in [0, 0.1) is 17.8 Å². The van der Waals surface area contributed by atoms with Gasteiger partial charge >= 0.3 is 12.0 Å². The maximum atomic E-state index is 12.3. The minimum absolute atomic E-state index is 0.157. The molecule has 3 fully saturated rings. The number of aliphatic carboxylic acids is 1. The van der Waals surface area contributed by atoms with Crippen LogP contribution in [0.15, 0.2) is 0 Å². The first kappa shape index (κ1) is 13.7. The number of rotatable bonds is 5. The fourth-order valence-corrected chi connectivity index (χ4v) is 3.09. The minimum atomic E-state index is -0.895. The van der Waals surface area contributed by atoms with E-state index in [4.69, 9.17) is 9.84 Å². The molecular weight excluding hydrogens is 260 g/mol. The predicted molar refractivity (Wildman–Crippen MR) is 71.3 cm³/mol. The summed E-state index contributed by atoms with van der Waals surface area (Å²) in [6.07, 6.45) is 4.82. The van der Waals surface area contributed by atoms with E-state index < -0.39 is 11.9 Å². The Morgan fingerprint density at radius 1 is 1.20 bits per heavy atom. The van der Waals surface area contributed by atoms with Crippen LogP contribution >= 0.6 is 0 Å². The number of likely N-dealkylation sites (N-methyl/N-ethyl adjacent to an activating group) is 1. The van der Waals surface area contributed by atoms with E-state index in [1.54, 1.807) is 7.05 Å². The maximum Gasteiger partial charge on any atom is 0.317 e. The predicted octanol–water partition coefficient (Wildman–Crippen LogP) is 0.916. The van der Waals surface area contributed by atoms with Crippen molar-refractivity contribution in [3.8, 4) is 0 Å².